The maximum atomic E-state index is 5.99. The summed E-state index contributed by atoms with van der Waals surface area (Å²) >= 11 is 17.9. The topological polar surface area (TPSA) is 25.8 Å². The standard InChI is InChI=1S/C16H9Cl3N2/c17-12-5-1-10(2-6-12)14-9-15(19)20-21-16(14)11-3-7-13(18)8-4-11/h1-9H. The van der Waals surface area contributed by atoms with E-state index in [4.69, 9.17) is 34.8 Å². The van der Waals surface area contributed by atoms with Gasteiger partial charge in [-0.1, -0.05) is 59.1 Å². The Balaban J connectivity index is 2.17. The zero-order chi connectivity index (χ0) is 14.8. The van der Waals surface area contributed by atoms with E-state index < -0.39 is 0 Å². The van der Waals surface area contributed by atoms with Crippen LogP contribution in [0.5, 0.6) is 0 Å². The van der Waals surface area contributed by atoms with Crippen molar-refractivity contribution in [3.05, 3.63) is 69.8 Å². The fraction of sp³-hybridized carbons (Fsp3) is 0. The average molecular weight is 336 g/mol. The van der Waals surface area contributed by atoms with Crippen LogP contribution >= 0.6 is 34.8 Å². The van der Waals surface area contributed by atoms with Crippen molar-refractivity contribution in [2.75, 3.05) is 0 Å². The highest BCUT2D eigenvalue weighted by Gasteiger charge is 2.11. The molecule has 0 radical (unpaired) electrons. The highest BCUT2D eigenvalue weighted by Crippen LogP contribution is 2.32. The smallest absolute Gasteiger partial charge is 0.148 e. The Morgan fingerprint density at radius 1 is 0.619 bits per heavy atom. The minimum absolute atomic E-state index is 0.345. The van der Waals surface area contributed by atoms with E-state index in [-0.39, 0.29) is 0 Å². The minimum atomic E-state index is 0.345. The molecular weight excluding hydrogens is 327 g/mol. The minimum Gasteiger partial charge on any atom is -0.148 e. The van der Waals surface area contributed by atoms with E-state index in [0.717, 1.165) is 22.4 Å². The van der Waals surface area contributed by atoms with Crippen molar-refractivity contribution in [3.8, 4) is 22.4 Å². The van der Waals surface area contributed by atoms with Gasteiger partial charge in [-0.3, -0.25) is 0 Å². The molecule has 0 saturated carbocycles. The first-order valence-corrected chi connectivity index (χ1v) is 7.32. The molecule has 0 bridgehead atoms. The lowest BCUT2D eigenvalue weighted by atomic mass is 10.0. The first kappa shape index (κ1) is 14.3. The van der Waals surface area contributed by atoms with Gasteiger partial charge >= 0.3 is 0 Å². The zero-order valence-corrected chi connectivity index (χ0v) is 13.0. The maximum absolute atomic E-state index is 5.99. The molecule has 0 unspecified atom stereocenters. The van der Waals surface area contributed by atoms with E-state index in [1.54, 1.807) is 6.07 Å². The number of nitrogens with zero attached hydrogens (tertiary/aromatic N) is 2. The van der Waals surface area contributed by atoms with E-state index >= 15 is 0 Å². The molecule has 0 N–H and O–H groups in total. The quantitative estimate of drug-likeness (QED) is 0.594. The summed E-state index contributed by atoms with van der Waals surface area (Å²) in [6.45, 7) is 0. The van der Waals surface area contributed by atoms with Gasteiger partial charge < -0.3 is 0 Å². The van der Waals surface area contributed by atoms with Crippen molar-refractivity contribution >= 4 is 34.8 Å². The number of hydrogen-bond donors (Lipinski definition) is 0. The zero-order valence-electron chi connectivity index (χ0n) is 10.7. The van der Waals surface area contributed by atoms with E-state index in [0.29, 0.717) is 15.2 Å². The molecule has 5 heteroatoms. The van der Waals surface area contributed by atoms with Gasteiger partial charge in [0.15, 0.2) is 5.15 Å². The Labute approximate surface area is 137 Å². The molecule has 2 aromatic carbocycles. The molecule has 21 heavy (non-hydrogen) atoms. The van der Waals surface area contributed by atoms with Gasteiger partial charge in [-0.05, 0) is 35.9 Å². The van der Waals surface area contributed by atoms with Crippen LogP contribution in [0.15, 0.2) is 54.6 Å². The van der Waals surface area contributed by atoms with Crippen LogP contribution in [0.4, 0.5) is 0 Å². The summed E-state index contributed by atoms with van der Waals surface area (Å²) in [5.41, 5.74) is 3.54. The van der Waals surface area contributed by atoms with E-state index in [1.165, 1.54) is 0 Å². The summed E-state index contributed by atoms with van der Waals surface area (Å²) < 4.78 is 0. The van der Waals surface area contributed by atoms with Crippen LogP contribution in [0, 0.1) is 0 Å². The van der Waals surface area contributed by atoms with Crippen LogP contribution in [0.3, 0.4) is 0 Å². The number of hydrogen-bond acceptors (Lipinski definition) is 2. The molecule has 0 saturated heterocycles. The average Bonchev–Trinajstić information content (AvgIpc) is 2.49. The van der Waals surface area contributed by atoms with E-state index in [2.05, 4.69) is 10.2 Å². The monoisotopic (exact) mass is 334 g/mol. The first-order valence-electron chi connectivity index (χ1n) is 6.18. The largest absolute Gasteiger partial charge is 0.152 e. The fourth-order valence-corrected chi connectivity index (χ4v) is 2.44. The summed E-state index contributed by atoms with van der Waals surface area (Å²) in [6.07, 6.45) is 0. The van der Waals surface area contributed by atoms with Crippen LogP contribution < -0.4 is 0 Å². The third kappa shape index (κ3) is 3.18. The van der Waals surface area contributed by atoms with Crippen molar-refractivity contribution in [2.24, 2.45) is 0 Å². The Morgan fingerprint density at radius 2 is 1.14 bits per heavy atom. The highest BCUT2D eigenvalue weighted by atomic mass is 35.5. The summed E-state index contributed by atoms with van der Waals surface area (Å²) in [5, 5.41) is 9.86. The first-order chi connectivity index (χ1) is 10.1. The van der Waals surface area contributed by atoms with Crippen LogP contribution in [0.1, 0.15) is 0 Å². The van der Waals surface area contributed by atoms with Gasteiger partial charge in [-0.25, -0.2) is 0 Å². The Hall–Kier alpha value is -1.61. The molecule has 104 valence electrons. The number of benzene rings is 2. The van der Waals surface area contributed by atoms with Crippen LogP contribution in [-0.4, -0.2) is 10.2 Å². The van der Waals surface area contributed by atoms with Crippen molar-refractivity contribution < 1.29 is 0 Å². The summed E-state index contributed by atoms with van der Waals surface area (Å²) in [4.78, 5) is 0. The van der Waals surface area contributed by atoms with Crippen molar-refractivity contribution in [3.63, 3.8) is 0 Å². The second-order valence-corrected chi connectivity index (χ2v) is 5.70. The van der Waals surface area contributed by atoms with Gasteiger partial charge in [-0.15, -0.1) is 10.2 Å². The lowest BCUT2D eigenvalue weighted by Gasteiger charge is -2.09. The number of rotatable bonds is 2. The molecule has 0 amide bonds. The molecule has 1 heterocycles. The fourth-order valence-electron chi connectivity index (χ4n) is 2.04. The number of aromatic nitrogens is 2. The summed E-state index contributed by atoms with van der Waals surface area (Å²) in [7, 11) is 0. The number of halogens is 3. The summed E-state index contributed by atoms with van der Waals surface area (Å²) in [6, 6.07) is 16.7. The SMILES string of the molecule is Clc1ccc(-c2cc(Cl)nnc2-c2ccc(Cl)cc2)cc1. The lowest BCUT2D eigenvalue weighted by Crippen LogP contribution is -1.93. The maximum Gasteiger partial charge on any atom is 0.152 e. The molecular formula is C16H9Cl3N2. The molecule has 0 spiro atoms. The van der Waals surface area contributed by atoms with Gasteiger partial charge in [0.25, 0.3) is 0 Å². The molecule has 0 fully saturated rings. The van der Waals surface area contributed by atoms with Crippen LogP contribution in [0.2, 0.25) is 15.2 Å². The molecule has 3 aromatic rings. The van der Waals surface area contributed by atoms with Crippen molar-refractivity contribution in [1.29, 1.82) is 0 Å². The van der Waals surface area contributed by atoms with Crippen LogP contribution in [-0.2, 0) is 0 Å². The summed E-state index contributed by atoms with van der Waals surface area (Å²) in [5.74, 6) is 0. The molecule has 0 aliphatic heterocycles. The van der Waals surface area contributed by atoms with Gasteiger partial charge in [0.2, 0.25) is 0 Å². The molecule has 0 aliphatic carbocycles. The van der Waals surface area contributed by atoms with Crippen molar-refractivity contribution in [2.45, 2.75) is 0 Å². The molecule has 3 rings (SSSR count). The van der Waals surface area contributed by atoms with E-state index in [9.17, 15) is 0 Å². The van der Waals surface area contributed by atoms with E-state index in [1.807, 2.05) is 48.5 Å². The third-order valence-electron chi connectivity index (χ3n) is 3.04. The Bertz CT molecular complexity index is 769. The lowest BCUT2D eigenvalue weighted by molar-refractivity contribution is 1.04. The van der Waals surface area contributed by atoms with Gasteiger partial charge in [0, 0.05) is 21.2 Å². The van der Waals surface area contributed by atoms with Gasteiger partial charge in [-0.2, -0.15) is 0 Å². The molecule has 1 aromatic heterocycles. The predicted octanol–water partition coefficient (Wildman–Crippen LogP) is 5.77. The van der Waals surface area contributed by atoms with Gasteiger partial charge in [0.1, 0.15) is 5.69 Å². The molecule has 0 aliphatic rings. The third-order valence-corrected chi connectivity index (χ3v) is 3.73. The molecule has 2 nitrogen and oxygen atoms in total. The normalized spacial score (nSPS) is 10.6. The molecule has 0 atom stereocenters. The van der Waals surface area contributed by atoms with Crippen molar-refractivity contribution in [1.82, 2.24) is 10.2 Å². The second kappa shape index (κ2) is 6.02. The second-order valence-electron chi connectivity index (χ2n) is 4.44. The highest BCUT2D eigenvalue weighted by molar-refractivity contribution is 6.31. The Kier molecular flexibility index (Phi) is 4.11. The predicted molar refractivity (Wildman–Crippen MR) is 87.9 cm³/mol. The van der Waals surface area contributed by atoms with Gasteiger partial charge in [0.05, 0.1) is 0 Å². The Morgan fingerprint density at radius 3 is 1.71 bits per heavy atom. The van der Waals surface area contributed by atoms with Crippen LogP contribution in [0.25, 0.3) is 22.4 Å².